The van der Waals surface area contributed by atoms with Gasteiger partial charge in [-0.1, -0.05) is 31.0 Å². The second-order valence-corrected chi connectivity index (χ2v) is 7.31. The quantitative estimate of drug-likeness (QED) is 0.820. The molecule has 2 N–H and O–H groups in total. The zero-order valence-corrected chi connectivity index (χ0v) is 13.8. The van der Waals surface area contributed by atoms with E-state index in [9.17, 15) is 10.2 Å². The van der Waals surface area contributed by atoms with E-state index in [0.29, 0.717) is 12.6 Å². The van der Waals surface area contributed by atoms with Crippen LogP contribution in [0.5, 0.6) is 0 Å². The smallest absolute Gasteiger partial charge is 0.158 e. The molecule has 2 aliphatic heterocycles. The Balaban J connectivity index is 1.87. The van der Waals surface area contributed by atoms with Crippen LogP contribution in [0.25, 0.3) is 0 Å². The number of fused-ring (bicyclic) bond motifs is 2. The van der Waals surface area contributed by atoms with Gasteiger partial charge in [-0.25, -0.2) is 0 Å². The fourth-order valence-corrected chi connectivity index (χ4v) is 4.80. The van der Waals surface area contributed by atoms with Gasteiger partial charge in [0.2, 0.25) is 0 Å². The Labute approximate surface area is 136 Å². The molecule has 0 saturated carbocycles. The summed E-state index contributed by atoms with van der Waals surface area (Å²) < 4.78 is 5.14. The molecule has 2 heterocycles. The molecule has 0 amide bonds. The lowest BCUT2D eigenvalue weighted by Crippen LogP contribution is -2.45. The largest absolute Gasteiger partial charge is 0.374 e. The van der Waals surface area contributed by atoms with Crippen molar-refractivity contribution >= 4 is 11.8 Å². The van der Waals surface area contributed by atoms with Gasteiger partial charge in [0.15, 0.2) is 6.29 Å². The third-order valence-electron chi connectivity index (χ3n) is 4.86. The maximum Gasteiger partial charge on any atom is 0.158 e. The van der Waals surface area contributed by atoms with Crippen molar-refractivity contribution in [1.29, 1.82) is 0 Å². The Hall–Kier alpha value is -0.590. The maximum atomic E-state index is 10.9. The molecule has 1 fully saturated rings. The van der Waals surface area contributed by atoms with Crippen LogP contribution >= 0.6 is 11.8 Å². The van der Waals surface area contributed by atoms with E-state index >= 15 is 0 Å². The van der Waals surface area contributed by atoms with Gasteiger partial charge in [-0.05, 0) is 18.9 Å². The van der Waals surface area contributed by atoms with E-state index in [0.717, 1.165) is 37.0 Å². The summed E-state index contributed by atoms with van der Waals surface area (Å²) in [5.41, 5.74) is 0.987. The van der Waals surface area contributed by atoms with Crippen LogP contribution in [-0.2, 0) is 4.74 Å². The van der Waals surface area contributed by atoms with E-state index in [-0.39, 0.29) is 5.92 Å². The topological polar surface area (TPSA) is 52.9 Å². The molecule has 5 heteroatoms. The van der Waals surface area contributed by atoms with Crippen LogP contribution in [0, 0.1) is 5.92 Å². The lowest BCUT2D eigenvalue weighted by atomic mass is 9.93. The molecule has 22 heavy (non-hydrogen) atoms. The van der Waals surface area contributed by atoms with Crippen LogP contribution < -0.4 is 0 Å². The summed E-state index contributed by atoms with van der Waals surface area (Å²) in [7, 11) is 1.55. The summed E-state index contributed by atoms with van der Waals surface area (Å²) in [6.07, 6.45) is 2.95. The summed E-state index contributed by atoms with van der Waals surface area (Å²) in [4.78, 5) is 3.34. The predicted octanol–water partition coefficient (Wildman–Crippen LogP) is 2.61. The molecule has 4 atom stereocenters. The first-order valence-corrected chi connectivity index (χ1v) is 9.05. The first-order chi connectivity index (χ1) is 10.7. The molecule has 4 unspecified atom stereocenters. The number of aliphatic hydroxyl groups is 2. The van der Waals surface area contributed by atoms with Crippen molar-refractivity contribution < 1.29 is 14.9 Å². The molecule has 0 spiro atoms. The zero-order valence-electron chi connectivity index (χ0n) is 13.0. The van der Waals surface area contributed by atoms with Crippen molar-refractivity contribution in [3.63, 3.8) is 0 Å². The summed E-state index contributed by atoms with van der Waals surface area (Å²) in [6.45, 7) is 0.676. The summed E-state index contributed by atoms with van der Waals surface area (Å²) in [6, 6.07) is 8.45. The SMILES string of the molecule is COC(O)C1CCCCC2CSc3ccccc3C(O)N2C1. The average Bonchev–Trinajstić information content (AvgIpc) is 2.65. The third kappa shape index (κ3) is 3.34. The van der Waals surface area contributed by atoms with E-state index < -0.39 is 12.5 Å². The van der Waals surface area contributed by atoms with E-state index in [1.54, 1.807) is 7.11 Å². The Kier molecular flexibility index (Phi) is 5.42. The van der Waals surface area contributed by atoms with Gasteiger partial charge in [-0.3, -0.25) is 4.90 Å². The highest BCUT2D eigenvalue weighted by molar-refractivity contribution is 7.99. The van der Waals surface area contributed by atoms with Crippen molar-refractivity contribution in [2.24, 2.45) is 5.92 Å². The number of ether oxygens (including phenoxy) is 1. The van der Waals surface area contributed by atoms with Crippen molar-refractivity contribution in [2.45, 2.75) is 49.1 Å². The van der Waals surface area contributed by atoms with Gasteiger partial charge >= 0.3 is 0 Å². The molecule has 1 aromatic rings. The molecule has 3 rings (SSSR count). The van der Waals surface area contributed by atoms with E-state index in [1.807, 2.05) is 30.0 Å². The maximum absolute atomic E-state index is 10.9. The van der Waals surface area contributed by atoms with Crippen LogP contribution in [0.15, 0.2) is 29.2 Å². The highest BCUT2D eigenvalue weighted by Gasteiger charge is 2.35. The zero-order chi connectivity index (χ0) is 15.5. The summed E-state index contributed by atoms with van der Waals surface area (Å²) in [5.74, 6) is 1.04. The van der Waals surface area contributed by atoms with E-state index in [4.69, 9.17) is 4.74 Å². The molecule has 0 aliphatic carbocycles. The monoisotopic (exact) mass is 323 g/mol. The molecule has 2 aliphatic rings. The molecule has 1 saturated heterocycles. The van der Waals surface area contributed by atoms with Gasteiger partial charge in [-0.2, -0.15) is 0 Å². The number of benzene rings is 1. The van der Waals surface area contributed by atoms with Crippen LogP contribution in [0.3, 0.4) is 0 Å². The minimum Gasteiger partial charge on any atom is -0.374 e. The average molecular weight is 323 g/mol. The molecule has 0 bridgehead atoms. The second-order valence-electron chi connectivity index (χ2n) is 6.24. The van der Waals surface area contributed by atoms with Crippen LogP contribution in [0.2, 0.25) is 0 Å². The first kappa shape index (κ1) is 16.3. The van der Waals surface area contributed by atoms with Crippen LogP contribution in [-0.4, -0.2) is 46.9 Å². The van der Waals surface area contributed by atoms with E-state index in [1.165, 1.54) is 4.90 Å². The van der Waals surface area contributed by atoms with Gasteiger partial charge in [-0.15, -0.1) is 11.8 Å². The number of nitrogens with zero attached hydrogens (tertiary/aromatic N) is 1. The number of hydrogen-bond acceptors (Lipinski definition) is 5. The van der Waals surface area contributed by atoms with Gasteiger partial charge < -0.3 is 14.9 Å². The van der Waals surface area contributed by atoms with Crippen LogP contribution in [0.1, 0.15) is 37.5 Å². The number of methoxy groups -OCH3 is 1. The Morgan fingerprint density at radius 1 is 1.27 bits per heavy atom. The molecule has 1 aromatic carbocycles. The highest BCUT2D eigenvalue weighted by atomic mass is 32.2. The molecule has 0 aromatic heterocycles. The molecule has 0 radical (unpaired) electrons. The number of aliphatic hydroxyl groups excluding tert-OH is 2. The Bertz CT molecular complexity index is 499. The third-order valence-corrected chi connectivity index (χ3v) is 6.10. The normalized spacial score (nSPS) is 31.3. The number of hydrogen-bond donors (Lipinski definition) is 2. The number of rotatable bonds is 2. The van der Waals surface area contributed by atoms with Crippen molar-refractivity contribution in [1.82, 2.24) is 4.90 Å². The Morgan fingerprint density at radius 3 is 2.86 bits per heavy atom. The molecule has 122 valence electrons. The lowest BCUT2D eigenvalue weighted by molar-refractivity contribution is -0.137. The Morgan fingerprint density at radius 2 is 2.05 bits per heavy atom. The van der Waals surface area contributed by atoms with Gasteiger partial charge in [0.05, 0.1) is 0 Å². The molecular weight excluding hydrogens is 298 g/mol. The number of thioether (sulfide) groups is 1. The minimum atomic E-state index is -0.753. The van der Waals surface area contributed by atoms with Gasteiger partial charge in [0.1, 0.15) is 6.23 Å². The van der Waals surface area contributed by atoms with Gasteiger partial charge in [0, 0.05) is 41.8 Å². The summed E-state index contributed by atoms with van der Waals surface area (Å²) >= 11 is 1.84. The molecular formula is C17H25NO3S. The summed E-state index contributed by atoms with van der Waals surface area (Å²) in [5, 5.41) is 21.0. The first-order valence-electron chi connectivity index (χ1n) is 8.07. The second kappa shape index (κ2) is 7.32. The van der Waals surface area contributed by atoms with Crippen LogP contribution in [0.4, 0.5) is 0 Å². The molecule has 4 nitrogen and oxygen atoms in total. The van der Waals surface area contributed by atoms with Gasteiger partial charge in [0.25, 0.3) is 0 Å². The predicted molar refractivity (Wildman–Crippen MR) is 87.6 cm³/mol. The minimum absolute atomic E-state index is 0.0534. The van der Waals surface area contributed by atoms with Crippen molar-refractivity contribution in [2.75, 3.05) is 19.4 Å². The fraction of sp³-hybridized carbons (Fsp3) is 0.647. The van der Waals surface area contributed by atoms with E-state index in [2.05, 4.69) is 11.0 Å². The highest BCUT2D eigenvalue weighted by Crippen LogP contribution is 2.38. The lowest BCUT2D eigenvalue weighted by Gasteiger charge is -2.39. The van der Waals surface area contributed by atoms with Crippen molar-refractivity contribution in [3.8, 4) is 0 Å². The van der Waals surface area contributed by atoms with Crippen molar-refractivity contribution in [3.05, 3.63) is 29.8 Å². The fourth-order valence-electron chi connectivity index (χ4n) is 3.56. The standard InChI is InChI=1S/C17H25NO3S/c1-21-17(20)12-6-2-3-7-13-11-22-15-9-5-4-8-14(15)16(19)18(13)10-12/h4-5,8-9,12-13,16-17,19-20H,2-3,6-7,10-11H2,1H3.